The van der Waals surface area contributed by atoms with Crippen LogP contribution in [0.15, 0.2) is 23.7 Å². The normalized spacial score (nSPS) is 23.8. The van der Waals surface area contributed by atoms with Gasteiger partial charge in [0.2, 0.25) is 0 Å². The first kappa shape index (κ1) is 14.3. The number of hydrogen-bond acceptors (Lipinski definition) is 5. The lowest BCUT2D eigenvalue weighted by Crippen LogP contribution is -2.30. The number of rotatable bonds is 1. The molecule has 0 unspecified atom stereocenters. The molecule has 0 bridgehead atoms. The zero-order valence-electron chi connectivity index (χ0n) is 11.0. The van der Waals surface area contributed by atoms with Gasteiger partial charge < -0.3 is 9.64 Å². The molecule has 2 aliphatic rings. The van der Waals surface area contributed by atoms with Gasteiger partial charge in [0.1, 0.15) is 0 Å². The number of amides is 1. The molecule has 110 valence electrons. The number of nitrogens with zero attached hydrogens (tertiary/aromatic N) is 2. The van der Waals surface area contributed by atoms with E-state index < -0.39 is 0 Å². The van der Waals surface area contributed by atoms with Crippen LogP contribution in [-0.2, 0) is 9.53 Å². The summed E-state index contributed by atoms with van der Waals surface area (Å²) in [5, 5.41) is 0. The first-order valence-corrected chi connectivity index (χ1v) is 7.39. The minimum atomic E-state index is -0.164. The molecule has 3 heterocycles. The Hall–Kier alpha value is -1.66. The molecule has 2 aliphatic heterocycles. The number of cyclic esters (lactones) is 1. The number of hydrogen-bond donors (Lipinski definition) is 0. The maximum absolute atomic E-state index is 12.5. The topological polar surface area (TPSA) is 59.5 Å². The van der Waals surface area contributed by atoms with E-state index >= 15 is 0 Å². The maximum Gasteiger partial charge on any atom is 0.311 e. The first-order valence-electron chi connectivity index (χ1n) is 6.51. The van der Waals surface area contributed by atoms with Gasteiger partial charge in [0, 0.05) is 24.6 Å². The van der Waals surface area contributed by atoms with Crippen molar-refractivity contribution in [2.45, 2.75) is 0 Å². The van der Waals surface area contributed by atoms with E-state index in [0.29, 0.717) is 25.3 Å². The lowest BCUT2D eigenvalue weighted by atomic mass is 10.0. The standard InChI is InChI=1S/C14H12N2O3S.ClH/c17-13(8-1-2-11-12(3-8)20-7-15-11)16-4-9-6-19-14(18)10(9)5-16;/h1-3,7,9-10H,4-6H2;1H/t9-,10-;/m1./s1. The zero-order chi connectivity index (χ0) is 13.7. The third kappa shape index (κ3) is 2.28. The highest BCUT2D eigenvalue weighted by Crippen LogP contribution is 2.31. The van der Waals surface area contributed by atoms with Gasteiger partial charge in [-0.15, -0.1) is 23.7 Å². The van der Waals surface area contributed by atoms with Gasteiger partial charge in [-0.05, 0) is 18.2 Å². The molecule has 4 rings (SSSR count). The van der Waals surface area contributed by atoms with E-state index in [-0.39, 0.29) is 36.1 Å². The van der Waals surface area contributed by atoms with Crippen LogP contribution in [0.1, 0.15) is 10.4 Å². The molecule has 0 radical (unpaired) electrons. The third-order valence-corrected chi connectivity index (χ3v) is 4.84. The molecule has 2 fully saturated rings. The minimum Gasteiger partial charge on any atom is -0.465 e. The van der Waals surface area contributed by atoms with E-state index in [2.05, 4.69) is 4.98 Å². The highest BCUT2D eigenvalue weighted by atomic mass is 35.5. The van der Waals surface area contributed by atoms with Gasteiger partial charge in [-0.2, -0.15) is 0 Å². The minimum absolute atomic E-state index is 0. The van der Waals surface area contributed by atoms with Crippen LogP contribution in [-0.4, -0.2) is 41.5 Å². The van der Waals surface area contributed by atoms with Crippen LogP contribution < -0.4 is 0 Å². The molecular formula is C14H13ClN2O3S. The lowest BCUT2D eigenvalue weighted by Gasteiger charge is -2.17. The summed E-state index contributed by atoms with van der Waals surface area (Å²) >= 11 is 1.52. The molecule has 1 amide bonds. The summed E-state index contributed by atoms with van der Waals surface area (Å²) in [5.74, 6) is -0.143. The van der Waals surface area contributed by atoms with Crippen molar-refractivity contribution in [2.24, 2.45) is 11.8 Å². The summed E-state index contributed by atoms with van der Waals surface area (Å²) in [6, 6.07) is 5.54. The van der Waals surface area contributed by atoms with Gasteiger partial charge in [0.15, 0.2) is 0 Å². The van der Waals surface area contributed by atoms with Crippen LogP contribution in [0.3, 0.4) is 0 Å². The van der Waals surface area contributed by atoms with E-state index in [1.54, 1.807) is 16.5 Å². The summed E-state index contributed by atoms with van der Waals surface area (Å²) in [7, 11) is 0. The summed E-state index contributed by atoms with van der Waals surface area (Å²) in [6.45, 7) is 1.53. The van der Waals surface area contributed by atoms with E-state index in [0.717, 1.165) is 10.2 Å². The molecule has 0 spiro atoms. The second kappa shape index (κ2) is 5.27. The third-order valence-electron chi connectivity index (χ3n) is 4.05. The van der Waals surface area contributed by atoms with Crippen molar-refractivity contribution >= 4 is 45.8 Å². The average Bonchev–Trinajstić information content (AvgIpc) is 3.14. The van der Waals surface area contributed by atoms with E-state index in [4.69, 9.17) is 4.74 Å². The van der Waals surface area contributed by atoms with Crippen LogP contribution in [0, 0.1) is 11.8 Å². The highest BCUT2D eigenvalue weighted by Gasteiger charge is 2.45. The number of likely N-dealkylation sites (tertiary alicyclic amines) is 1. The predicted octanol–water partition coefficient (Wildman–Crippen LogP) is 1.96. The summed E-state index contributed by atoms with van der Waals surface area (Å²) in [4.78, 5) is 30.0. The van der Waals surface area contributed by atoms with Gasteiger partial charge in [-0.25, -0.2) is 4.98 Å². The van der Waals surface area contributed by atoms with Crippen molar-refractivity contribution < 1.29 is 14.3 Å². The number of halogens is 1. The quantitative estimate of drug-likeness (QED) is 0.752. The Bertz CT molecular complexity index is 717. The first-order chi connectivity index (χ1) is 9.72. The Labute approximate surface area is 131 Å². The number of aromatic nitrogens is 1. The predicted molar refractivity (Wildman–Crippen MR) is 80.7 cm³/mol. The van der Waals surface area contributed by atoms with Crippen molar-refractivity contribution in [2.75, 3.05) is 19.7 Å². The van der Waals surface area contributed by atoms with Gasteiger partial charge in [-0.3, -0.25) is 9.59 Å². The number of carbonyl (C=O) groups is 2. The molecule has 2 saturated heterocycles. The number of carbonyl (C=O) groups excluding carboxylic acids is 2. The SMILES string of the molecule is Cl.O=C1OC[C@H]2CN(C(=O)c3ccc4ncsc4c3)C[C@@H]12. The van der Waals surface area contributed by atoms with Crippen LogP contribution in [0.4, 0.5) is 0 Å². The van der Waals surface area contributed by atoms with Crippen molar-refractivity contribution in [3.8, 4) is 0 Å². The molecule has 21 heavy (non-hydrogen) atoms. The summed E-state index contributed by atoms with van der Waals surface area (Å²) in [5.41, 5.74) is 3.35. The molecule has 0 N–H and O–H groups in total. The Balaban J connectivity index is 0.00000132. The molecular weight excluding hydrogens is 312 g/mol. The molecule has 0 saturated carbocycles. The Kier molecular flexibility index (Phi) is 3.59. The smallest absolute Gasteiger partial charge is 0.311 e. The second-order valence-corrected chi connectivity index (χ2v) is 6.13. The largest absolute Gasteiger partial charge is 0.465 e. The maximum atomic E-state index is 12.5. The fourth-order valence-corrected chi connectivity index (χ4v) is 3.66. The number of thiazole rings is 1. The molecule has 0 aliphatic carbocycles. The van der Waals surface area contributed by atoms with Crippen molar-refractivity contribution in [3.05, 3.63) is 29.3 Å². The molecule has 2 atom stereocenters. The summed E-state index contributed by atoms with van der Waals surface area (Å²) < 4.78 is 6.03. The van der Waals surface area contributed by atoms with Gasteiger partial charge >= 0.3 is 5.97 Å². The van der Waals surface area contributed by atoms with Crippen LogP contribution in [0.25, 0.3) is 10.2 Å². The number of benzene rings is 1. The van der Waals surface area contributed by atoms with E-state index in [1.165, 1.54) is 11.3 Å². The fourth-order valence-electron chi connectivity index (χ4n) is 2.94. The lowest BCUT2D eigenvalue weighted by molar-refractivity contribution is -0.141. The fraction of sp³-hybridized carbons (Fsp3) is 0.357. The molecule has 7 heteroatoms. The van der Waals surface area contributed by atoms with Gasteiger partial charge in [0.25, 0.3) is 5.91 Å². The van der Waals surface area contributed by atoms with Crippen molar-refractivity contribution in [3.63, 3.8) is 0 Å². The molecule has 5 nitrogen and oxygen atoms in total. The molecule has 2 aromatic rings. The number of esters is 1. The molecule has 1 aromatic heterocycles. The van der Waals surface area contributed by atoms with Crippen LogP contribution in [0.5, 0.6) is 0 Å². The second-order valence-electron chi connectivity index (χ2n) is 5.24. The summed E-state index contributed by atoms with van der Waals surface area (Å²) in [6.07, 6.45) is 0. The van der Waals surface area contributed by atoms with Crippen molar-refractivity contribution in [1.29, 1.82) is 0 Å². The monoisotopic (exact) mass is 324 g/mol. The average molecular weight is 325 g/mol. The van der Waals surface area contributed by atoms with Gasteiger partial charge in [-0.1, -0.05) is 0 Å². The van der Waals surface area contributed by atoms with Crippen molar-refractivity contribution in [1.82, 2.24) is 9.88 Å². The van der Waals surface area contributed by atoms with Crippen LogP contribution >= 0.6 is 23.7 Å². The Morgan fingerprint density at radius 2 is 2.24 bits per heavy atom. The Morgan fingerprint density at radius 1 is 1.38 bits per heavy atom. The van der Waals surface area contributed by atoms with Crippen LogP contribution in [0.2, 0.25) is 0 Å². The Morgan fingerprint density at radius 3 is 3.05 bits per heavy atom. The number of ether oxygens (including phenoxy) is 1. The van der Waals surface area contributed by atoms with E-state index in [1.807, 2.05) is 12.1 Å². The zero-order valence-corrected chi connectivity index (χ0v) is 12.7. The highest BCUT2D eigenvalue weighted by molar-refractivity contribution is 7.16. The van der Waals surface area contributed by atoms with E-state index in [9.17, 15) is 9.59 Å². The number of fused-ring (bicyclic) bond motifs is 2. The molecule has 1 aromatic carbocycles. The van der Waals surface area contributed by atoms with Gasteiger partial charge in [0.05, 0.1) is 28.3 Å².